The molecule has 0 N–H and O–H groups in total. The van der Waals surface area contributed by atoms with Crippen LogP contribution >= 0.6 is 0 Å². The third-order valence-corrected chi connectivity index (χ3v) is 5.10. The second-order valence-corrected chi connectivity index (χ2v) is 7.78. The lowest BCUT2D eigenvalue weighted by molar-refractivity contribution is -0.0390. The highest BCUT2D eigenvalue weighted by Gasteiger charge is 2.18. The number of carbonyl (C=O) groups is 5. The smallest absolute Gasteiger partial charge is 0.337 e. The number of benzene rings is 3. The van der Waals surface area contributed by atoms with Crippen LogP contribution < -0.4 is 0 Å². The van der Waals surface area contributed by atoms with E-state index in [0.29, 0.717) is 28.9 Å². The second-order valence-electron chi connectivity index (χ2n) is 7.78. The summed E-state index contributed by atoms with van der Waals surface area (Å²) in [5.74, 6) is -1.82. The number of methoxy groups -OCH3 is 3. The monoisotopic (exact) mass is 520 g/mol. The van der Waals surface area contributed by atoms with Gasteiger partial charge in [0.2, 0.25) is 11.6 Å². The van der Waals surface area contributed by atoms with E-state index in [9.17, 15) is 24.0 Å². The van der Waals surface area contributed by atoms with Gasteiger partial charge in [-0.1, -0.05) is 60.7 Å². The Bertz CT molecular complexity index is 1230. The summed E-state index contributed by atoms with van der Waals surface area (Å²) in [6.07, 6.45) is 0.723. The van der Waals surface area contributed by atoms with E-state index in [1.165, 1.54) is 45.6 Å². The lowest BCUT2D eigenvalue weighted by Gasteiger charge is -2.05. The average molecular weight is 521 g/mol. The molecular weight excluding hydrogens is 492 g/mol. The third-order valence-electron chi connectivity index (χ3n) is 5.10. The summed E-state index contributed by atoms with van der Waals surface area (Å²) in [7, 11) is 4.28. The maximum absolute atomic E-state index is 12.4. The normalized spacial score (nSPS) is 10.1. The Kier molecular flexibility index (Phi) is 12.4. The van der Waals surface area contributed by atoms with Crippen molar-refractivity contribution in [1.29, 1.82) is 0 Å². The van der Waals surface area contributed by atoms with E-state index in [2.05, 4.69) is 4.74 Å². The number of aldehydes is 1. The standard InChI is InChI=1S/C20H20O6.C9H8O3/c1-24-12-18(21)15-7-9-17(10-8-15)20(23)19(22)16-5-3-14(4-6-16)11-26-13-25-2;1-12-9(11)8-4-2-7(6-10)3-5-8/h3-10H,11-13H2,1-2H3;2-6H,1H3. The molecule has 0 aliphatic rings. The van der Waals surface area contributed by atoms with E-state index < -0.39 is 17.5 Å². The SMILES string of the molecule is COC(=O)c1ccc(C=O)cc1.COCOCc1ccc(C(=O)C(=O)c2ccc(C(=O)COC)cc2)cc1. The summed E-state index contributed by atoms with van der Waals surface area (Å²) >= 11 is 0. The van der Waals surface area contributed by atoms with Crippen molar-refractivity contribution < 1.29 is 42.9 Å². The van der Waals surface area contributed by atoms with Gasteiger partial charge in [0.25, 0.3) is 0 Å². The number of ether oxygens (including phenoxy) is 4. The molecule has 9 heteroatoms. The minimum atomic E-state index is -0.626. The van der Waals surface area contributed by atoms with Crippen LogP contribution in [0.25, 0.3) is 0 Å². The fraction of sp³-hybridized carbons (Fsp3) is 0.207. The number of rotatable bonds is 12. The Morgan fingerprint density at radius 1 is 0.658 bits per heavy atom. The van der Waals surface area contributed by atoms with Crippen molar-refractivity contribution >= 4 is 29.6 Å². The van der Waals surface area contributed by atoms with Crippen LogP contribution in [0.2, 0.25) is 0 Å². The Labute approximate surface area is 220 Å². The van der Waals surface area contributed by atoms with Gasteiger partial charge >= 0.3 is 5.97 Å². The highest BCUT2D eigenvalue weighted by Crippen LogP contribution is 2.12. The topological polar surface area (TPSA) is 122 Å². The summed E-state index contributed by atoms with van der Waals surface area (Å²) in [5, 5.41) is 0. The maximum Gasteiger partial charge on any atom is 0.337 e. The Hall–Kier alpha value is -4.31. The van der Waals surface area contributed by atoms with Gasteiger partial charge in [-0.15, -0.1) is 0 Å². The number of hydrogen-bond acceptors (Lipinski definition) is 9. The minimum Gasteiger partial charge on any atom is -0.465 e. The van der Waals surface area contributed by atoms with Crippen molar-refractivity contribution in [3.8, 4) is 0 Å². The highest BCUT2D eigenvalue weighted by atomic mass is 16.7. The molecule has 0 spiro atoms. The quantitative estimate of drug-likeness (QED) is 0.0871. The van der Waals surface area contributed by atoms with Crippen molar-refractivity contribution in [3.05, 3.63) is 106 Å². The van der Waals surface area contributed by atoms with Crippen LogP contribution in [0.15, 0.2) is 72.8 Å². The molecule has 0 bridgehead atoms. The van der Waals surface area contributed by atoms with E-state index in [1.54, 1.807) is 48.5 Å². The molecule has 3 aromatic rings. The van der Waals surface area contributed by atoms with Gasteiger partial charge in [-0.05, 0) is 17.7 Å². The Morgan fingerprint density at radius 2 is 1.16 bits per heavy atom. The fourth-order valence-corrected chi connectivity index (χ4v) is 3.09. The van der Waals surface area contributed by atoms with Crippen LogP contribution in [0, 0.1) is 0 Å². The van der Waals surface area contributed by atoms with Crippen LogP contribution in [-0.4, -0.2) is 64.3 Å². The molecule has 0 fully saturated rings. The molecule has 3 aromatic carbocycles. The third kappa shape index (κ3) is 8.97. The first-order chi connectivity index (χ1) is 18.3. The zero-order valence-corrected chi connectivity index (χ0v) is 21.3. The highest BCUT2D eigenvalue weighted by molar-refractivity contribution is 6.49. The predicted octanol–water partition coefficient (Wildman–Crippen LogP) is 3.99. The molecule has 0 amide bonds. The molecule has 3 rings (SSSR count). The first-order valence-electron chi connectivity index (χ1n) is 11.3. The molecule has 0 aliphatic heterocycles. The van der Waals surface area contributed by atoms with Crippen molar-refractivity contribution in [2.24, 2.45) is 0 Å². The molecule has 0 aromatic heterocycles. The molecule has 198 valence electrons. The van der Waals surface area contributed by atoms with Gasteiger partial charge in [-0.2, -0.15) is 0 Å². The first kappa shape index (κ1) is 29.9. The zero-order chi connectivity index (χ0) is 27.9. The molecule has 0 heterocycles. The molecule has 0 atom stereocenters. The minimum absolute atomic E-state index is 0.0351. The van der Waals surface area contributed by atoms with Crippen molar-refractivity contribution in [1.82, 2.24) is 0 Å². The van der Waals surface area contributed by atoms with E-state index in [0.717, 1.165) is 11.8 Å². The van der Waals surface area contributed by atoms with Crippen molar-refractivity contribution in [3.63, 3.8) is 0 Å². The van der Waals surface area contributed by atoms with Crippen LogP contribution in [0.5, 0.6) is 0 Å². The van der Waals surface area contributed by atoms with E-state index >= 15 is 0 Å². The molecule has 0 saturated heterocycles. The van der Waals surface area contributed by atoms with Crippen LogP contribution in [0.4, 0.5) is 0 Å². The number of esters is 1. The molecule has 0 radical (unpaired) electrons. The van der Waals surface area contributed by atoms with E-state index in [4.69, 9.17) is 14.2 Å². The van der Waals surface area contributed by atoms with Gasteiger partial charge < -0.3 is 18.9 Å². The molecule has 0 aliphatic carbocycles. The predicted molar refractivity (Wildman–Crippen MR) is 138 cm³/mol. The molecular formula is C29H28O9. The molecule has 0 saturated carbocycles. The summed E-state index contributed by atoms with van der Waals surface area (Å²) in [5.41, 5.74) is 2.82. The van der Waals surface area contributed by atoms with Crippen molar-refractivity contribution in [2.45, 2.75) is 6.61 Å². The van der Waals surface area contributed by atoms with Gasteiger partial charge in [0.1, 0.15) is 19.7 Å². The van der Waals surface area contributed by atoms with Crippen LogP contribution in [0.1, 0.15) is 57.4 Å². The van der Waals surface area contributed by atoms with Gasteiger partial charge in [0.15, 0.2) is 5.78 Å². The number of Topliss-reactive ketones (excluding diaryl/α,β-unsaturated/α-hetero) is 3. The van der Waals surface area contributed by atoms with Crippen LogP contribution in [-0.2, 0) is 25.6 Å². The van der Waals surface area contributed by atoms with Gasteiger partial charge in [-0.3, -0.25) is 19.2 Å². The van der Waals surface area contributed by atoms with Gasteiger partial charge in [-0.25, -0.2) is 4.79 Å². The van der Waals surface area contributed by atoms with Gasteiger partial charge in [0, 0.05) is 36.5 Å². The number of carbonyl (C=O) groups excluding carboxylic acids is 5. The Morgan fingerprint density at radius 3 is 1.63 bits per heavy atom. The summed E-state index contributed by atoms with van der Waals surface area (Å²) in [4.78, 5) is 57.6. The zero-order valence-electron chi connectivity index (χ0n) is 21.3. The summed E-state index contributed by atoms with van der Waals surface area (Å²) in [6.45, 7) is 0.502. The summed E-state index contributed by atoms with van der Waals surface area (Å²) in [6, 6.07) is 18.8. The van der Waals surface area contributed by atoms with Crippen LogP contribution in [0.3, 0.4) is 0 Å². The number of hydrogen-bond donors (Lipinski definition) is 0. The van der Waals surface area contributed by atoms with Gasteiger partial charge in [0.05, 0.1) is 19.3 Å². The Balaban J connectivity index is 0.000000352. The lowest BCUT2D eigenvalue weighted by atomic mass is 9.99. The molecule has 0 unspecified atom stereocenters. The molecule has 38 heavy (non-hydrogen) atoms. The molecule has 9 nitrogen and oxygen atoms in total. The maximum atomic E-state index is 12.4. The number of ketones is 3. The van der Waals surface area contributed by atoms with E-state index in [1.807, 2.05) is 0 Å². The lowest BCUT2D eigenvalue weighted by Crippen LogP contribution is -2.15. The second kappa shape index (κ2) is 15.7. The summed E-state index contributed by atoms with van der Waals surface area (Å²) < 4.78 is 19.3. The van der Waals surface area contributed by atoms with E-state index in [-0.39, 0.29) is 24.7 Å². The van der Waals surface area contributed by atoms with Crippen molar-refractivity contribution in [2.75, 3.05) is 34.7 Å². The first-order valence-corrected chi connectivity index (χ1v) is 11.3. The largest absolute Gasteiger partial charge is 0.465 e. The fourth-order valence-electron chi connectivity index (χ4n) is 3.09. The average Bonchev–Trinajstić information content (AvgIpc) is 2.97.